The maximum Gasteiger partial charge on any atom is 0.495 e. The normalized spacial score (nSPS) is 15.4. The number of hydrogen-bond donors (Lipinski definition) is 0. The van der Waals surface area contributed by atoms with Crippen LogP contribution in [0.5, 0.6) is 0 Å². The van der Waals surface area contributed by atoms with E-state index in [-0.39, 0.29) is 11.9 Å². The topological polar surface area (TPSA) is 96.8 Å². The molecule has 0 amide bonds. The van der Waals surface area contributed by atoms with Crippen molar-refractivity contribution in [3.05, 3.63) is 77.1 Å². The monoisotopic (exact) mass is 562 g/mol. The molecule has 0 aliphatic carbocycles. The summed E-state index contributed by atoms with van der Waals surface area (Å²) < 4.78 is 22.2. The molecule has 2 aromatic carbocycles. The molecule has 0 radical (unpaired) electrons. The Labute approximate surface area is 239 Å². The highest BCUT2D eigenvalue weighted by Gasteiger charge is 2.52. The Morgan fingerprint density at radius 2 is 1.25 bits per heavy atom. The molecule has 4 aromatic rings. The number of aromatic nitrogens is 2. The Morgan fingerprint density at radius 3 is 1.77 bits per heavy atom. The number of carbonyl (C=O) groups is 2. The van der Waals surface area contributed by atoms with Crippen molar-refractivity contribution >= 4 is 57.9 Å². The van der Waals surface area contributed by atoms with E-state index in [0.717, 1.165) is 16.2 Å². The van der Waals surface area contributed by atoms with Crippen molar-refractivity contribution < 1.29 is 28.4 Å². The van der Waals surface area contributed by atoms with Gasteiger partial charge >= 0.3 is 19.1 Å². The molecule has 0 N–H and O–H groups in total. The second-order valence-electron chi connectivity index (χ2n) is 10.2. The Morgan fingerprint density at radius 1 is 0.775 bits per heavy atom. The summed E-state index contributed by atoms with van der Waals surface area (Å²) in [7, 11) is -0.464. The summed E-state index contributed by atoms with van der Waals surface area (Å²) in [5, 5.41) is 2.36. The molecule has 8 nitrogen and oxygen atoms in total. The molecule has 1 fully saturated rings. The second-order valence-corrected chi connectivity index (χ2v) is 10.6. The fourth-order valence-corrected chi connectivity index (χ4v) is 4.36. The first-order valence-corrected chi connectivity index (χ1v) is 13.5. The summed E-state index contributed by atoms with van der Waals surface area (Å²) in [5.41, 5.74) is 2.49. The number of nitrogens with zero attached hydrogens (tertiary/aromatic N) is 2. The average molecular weight is 563 g/mol. The van der Waals surface area contributed by atoms with Crippen LogP contribution in [-0.2, 0) is 18.8 Å². The van der Waals surface area contributed by atoms with Gasteiger partial charge in [0.15, 0.2) is 0 Å². The third-order valence-electron chi connectivity index (χ3n) is 7.00. The SMILES string of the molecule is CCOC(=O)c1ccc2c(B3OC(C)(C)C(C)(C)O3)ccnc2c1.CCOC(=O)c1ccc2c(Cl)ccnc2c1. The van der Waals surface area contributed by atoms with E-state index < -0.39 is 18.3 Å². The summed E-state index contributed by atoms with van der Waals surface area (Å²) in [6, 6.07) is 14.1. The molecule has 3 heterocycles. The zero-order valence-corrected chi connectivity index (χ0v) is 24.2. The third-order valence-corrected chi connectivity index (χ3v) is 7.33. The van der Waals surface area contributed by atoms with Crippen LogP contribution in [0.25, 0.3) is 21.8 Å². The lowest BCUT2D eigenvalue weighted by Gasteiger charge is -2.32. The number of pyridine rings is 2. The Hall–Kier alpha value is -3.53. The molecular formula is C30H32BClN2O6. The molecule has 2 aromatic heterocycles. The fourth-order valence-electron chi connectivity index (χ4n) is 4.14. The van der Waals surface area contributed by atoms with Crippen LogP contribution in [0.4, 0.5) is 0 Å². The molecule has 0 spiro atoms. The van der Waals surface area contributed by atoms with Crippen molar-refractivity contribution in [2.24, 2.45) is 0 Å². The molecule has 40 heavy (non-hydrogen) atoms. The minimum Gasteiger partial charge on any atom is -0.462 e. The summed E-state index contributed by atoms with van der Waals surface area (Å²) in [6.45, 7) is 12.4. The molecule has 0 unspecified atom stereocenters. The molecule has 0 atom stereocenters. The van der Waals surface area contributed by atoms with E-state index in [1.165, 1.54) is 0 Å². The summed E-state index contributed by atoms with van der Waals surface area (Å²) in [5.74, 6) is -0.687. The molecule has 1 saturated heterocycles. The third kappa shape index (κ3) is 6.12. The van der Waals surface area contributed by atoms with Gasteiger partial charge in [0, 0.05) is 17.8 Å². The van der Waals surface area contributed by atoms with Crippen LogP contribution in [0.2, 0.25) is 5.02 Å². The minimum absolute atomic E-state index is 0.342. The van der Waals surface area contributed by atoms with Crippen LogP contribution in [0.3, 0.4) is 0 Å². The summed E-state index contributed by atoms with van der Waals surface area (Å²) in [6.07, 6.45) is 3.32. The van der Waals surface area contributed by atoms with Gasteiger partial charge in [-0.2, -0.15) is 0 Å². The van der Waals surface area contributed by atoms with Gasteiger partial charge in [0.25, 0.3) is 0 Å². The van der Waals surface area contributed by atoms with Crippen LogP contribution in [0.1, 0.15) is 62.3 Å². The lowest BCUT2D eigenvalue weighted by molar-refractivity contribution is 0.00578. The Kier molecular flexibility index (Phi) is 8.78. The van der Waals surface area contributed by atoms with Crippen molar-refractivity contribution in [1.29, 1.82) is 0 Å². The van der Waals surface area contributed by atoms with Gasteiger partial charge in [0.1, 0.15) is 0 Å². The van der Waals surface area contributed by atoms with E-state index in [2.05, 4.69) is 9.97 Å². The number of carbonyl (C=O) groups excluding carboxylic acids is 2. The van der Waals surface area contributed by atoms with Crippen LogP contribution < -0.4 is 5.46 Å². The number of esters is 2. The fraction of sp³-hybridized carbons (Fsp3) is 0.333. The highest BCUT2D eigenvalue weighted by Crippen LogP contribution is 2.37. The maximum absolute atomic E-state index is 11.9. The number of hydrogen-bond acceptors (Lipinski definition) is 8. The Bertz CT molecular complexity index is 1540. The lowest BCUT2D eigenvalue weighted by Crippen LogP contribution is -2.41. The van der Waals surface area contributed by atoms with E-state index in [9.17, 15) is 9.59 Å². The molecule has 0 bridgehead atoms. The first-order valence-electron chi connectivity index (χ1n) is 13.1. The second kappa shape index (κ2) is 11.9. The first kappa shape index (κ1) is 29.5. The number of rotatable bonds is 5. The first-order chi connectivity index (χ1) is 19.0. The van der Waals surface area contributed by atoms with Gasteiger partial charge in [-0.3, -0.25) is 9.97 Å². The van der Waals surface area contributed by atoms with Gasteiger partial charge in [-0.1, -0.05) is 23.7 Å². The van der Waals surface area contributed by atoms with Crippen molar-refractivity contribution in [1.82, 2.24) is 9.97 Å². The highest BCUT2D eigenvalue weighted by atomic mass is 35.5. The lowest BCUT2D eigenvalue weighted by atomic mass is 9.77. The van der Waals surface area contributed by atoms with E-state index in [1.807, 2.05) is 39.8 Å². The van der Waals surface area contributed by atoms with Crippen LogP contribution in [-0.4, -0.2) is 53.4 Å². The molecule has 5 rings (SSSR count). The quantitative estimate of drug-likeness (QED) is 0.223. The summed E-state index contributed by atoms with van der Waals surface area (Å²) in [4.78, 5) is 31.9. The van der Waals surface area contributed by atoms with E-state index >= 15 is 0 Å². The van der Waals surface area contributed by atoms with Crippen LogP contribution in [0.15, 0.2) is 60.9 Å². The molecule has 208 valence electrons. The van der Waals surface area contributed by atoms with Gasteiger partial charge < -0.3 is 18.8 Å². The van der Waals surface area contributed by atoms with Crippen molar-refractivity contribution in [2.75, 3.05) is 13.2 Å². The van der Waals surface area contributed by atoms with Crippen molar-refractivity contribution in [3.8, 4) is 0 Å². The maximum atomic E-state index is 11.9. The molecule has 1 aliphatic heterocycles. The van der Waals surface area contributed by atoms with Gasteiger partial charge in [-0.05, 0) is 88.8 Å². The minimum atomic E-state index is -0.464. The standard InChI is InChI=1S/C18H22BNO4.C12H10ClNO2/c1-6-22-16(21)12-7-8-13-14(9-10-20-15(13)11-12)19-23-17(2,3)18(4,5)24-19;1-2-16-12(15)8-3-4-9-10(13)5-6-14-11(9)7-8/h7-11H,6H2,1-5H3;3-7H,2H2,1H3. The van der Waals surface area contributed by atoms with Crippen molar-refractivity contribution in [2.45, 2.75) is 52.7 Å². The van der Waals surface area contributed by atoms with Gasteiger partial charge in [0.05, 0.1) is 51.6 Å². The number of ether oxygens (including phenoxy) is 2. The zero-order valence-electron chi connectivity index (χ0n) is 23.5. The molecule has 1 aliphatic rings. The Balaban J connectivity index is 0.000000201. The van der Waals surface area contributed by atoms with E-state index in [1.54, 1.807) is 62.6 Å². The van der Waals surface area contributed by atoms with Crippen molar-refractivity contribution in [3.63, 3.8) is 0 Å². The number of fused-ring (bicyclic) bond motifs is 2. The van der Waals surface area contributed by atoms with Gasteiger partial charge in [0.2, 0.25) is 0 Å². The molecular weight excluding hydrogens is 531 g/mol. The van der Waals surface area contributed by atoms with E-state index in [4.69, 9.17) is 30.4 Å². The average Bonchev–Trinajstić information content (AvgIpc) is 3.14. The number of halogens is 1. The summed E-state index contributed by atoms with van der Waals surface area (Å²) >= 11 is 5.99. The zero-order chi connectivity index (χ0) is 29.1. The smallest absolute Gasteiger partial charge is 0.462 e. The number of benzene rings is 2. The van der Waals surface area contributed by atoms with Crippen LogP contribution in [0, 0.1) is 0 Å². The highest BCUT2D eigenvalue weighted by molar-refractivity contribution is 6.65. The predicted molar refractivity (Wildman–Crippen MR) is 156 cm³/mol. The predicted octanol–water partition coefficient (Wildman–Crippen LogP) is 5.78. The molecule has 0 saturated carbocycles. The largest absolute Gasteiger partial charge is 0.495 e. The van der Waals surface area contributed by atoms with E-state index in [0.29, 0.717) is 40.4 Å². The van der Waals surface area contributed by atoms with Gasteiger partial charge in [-0.15, -0.1) is 0 Å². The van der Waals surface area contributed by atoms with Gasteiger partial charge in [-0.25, -0.2) is 9.59 Å². The van der Waals surface area contributed by atoms with Crippen LogP contribution >= 0.6 is 11.6 Å². The molecule has 10 heteroatoms.